The Hall–Kier alpha value is -1.74. The van der Waals surface area contributed by atoms with Gasteiger partial charge in [0.2, 0.25) is 5.91 Å². The molecular formula is C15H14ClNO2. The standard InChI is InChI=1S/C15H14ClNO2/c16-14-6-2-1-5-11(14)12-8-13(12)15(18)17-9-10-4-3-7-19-10/h1-7,12-13H,8-9H2,(H,17,18). The summed E-state index contributed by atoms with van der Waals surface area (Å²) in [6.07, 6.45) is 2.47. The van der Waals surface area contributed by atoms with Gasteiger partial charge in [0, 0.05) is 10.9 Å². The Labute approximate surface area is 116 Å². The number of hydrogen-bond acceptors (Lipinski definition) is 2. The average molecular weight is 276 g/mol. The minimum Gasteiger partial charge on any atom is -0.467 e. The van der Waals surface area contributed by atoms with E-state index < -0.39 is 0 Å². The van der Waals surface area contributed by atoms with E-state index >= 15 is 0 Å². The summed E-state index contributed by atoms with van der Waals surface area (Å²) < 4.78 is 5.18. The van der Waals surface area contributed by atoms with Crippen molar-refractivity contribution in [2.75, 3.05) is 0 Å². The van der Waals surface area contributed by atoms with Gasteiger partial charge >= 0.3 is 0 Å². The first-order chi connectivity index (χ1) is 9.25. The number of carbonyl (C=O) groups is 1. The van der Waals surface area contributed by atoms with E-state index in [4.69, 9.17) is 16.0 Å². The maximum absolute atomic E-state index is 12.0. The maximum Gasteiger partial charge on any atom is 0.224 e. The summed E-state index contributed by atoms with van der Waals surface area (Å²) in [6, 6.07) is 11.4. The topological polar surface area (TPSA) is 42.2 Å². The van der Waals surface area contributed by atoms with Gasteiger partial charge in [0.05, 0.1) is 12.8 Å². The summed E-state index contributed by atoms with van der Waals surface area (Å²) in [5.41, 5.74) is 1.07. The Balaban J connectivity index is 1.57. The molecular weight excluding hydrogens is 262 g/mol. The van der Waals surface area contributed by atoms with Crippen LogP contribution in [-0.4, -0.2) is 5.91 Å². The van der Waals surface area contributed by atoms with E-state index in [1.54, 1.807) is 6.26 Å². The van der Waals surface area contributed by atoms with Gasteiger partial charge in [-0.3, -0.25) is 4.79 Å². The normalized spacial score (nSPS) is 21.1. The first kappa shape index (κ1) is 12.3. The van der Waals surface area contributed by atoms with Crippen molar-refractivity contribution < 1.29 is 9.21 Å². The summed E-state index contributed by atoms with van der Waals surface area (Å²) in [7, 11) is 0. The van der Waals surface area contributed by atoms with Gasteiger partial charge in [0.15, 0.2) is 0 Å². The van der Waals surface area contributed by atoms with Gasteiger partial charge in [-0.2, -0.15) is 0 Å². The summed E-state index contributed by atoms with van der Waals surface area (Å²) in [5, 5.41) is 3.63. The van der Waals surface area contributed by atoms with E-state index in [1.807, 2.05) is 36.4 Å². The Morgan fingerprint density at radius 3 is 2.89 bits per heavy atom. The zero-order valence-electron chi connectivity index (χ0n) is 10.3. The highest BCUT2D eigenvalue weighted by Gasteiger charge is 2.44. The largest absolute Gasteiger partial charge is 0.467 e. The lowest BCUT2D eigenvalue weighted by Crippen LogP contribution is -2.24. The molecule has 0 radical (unpaired) electrons. The molecule has 0 bridgehead atoms. The van der Waals surface area contributed by atoms with Crippen LogP contribution in [0, 0.1) is 5.92 Å². The molecule has 1 heterocycles. The van der Waals surface area contributed by atoms with Crippen molar-refractivity contribution in [3.05, 3.63) is 59.0 Å². The lowest BCUT2D eigenvalue weighted by atomic mass is 10.1. The molecule has 3 nitrogen and oxygen atoms in total. The molecule has 2 unspecified atom stereocenters. The second-order valence-corrected chi connectivity index (χ2v) is 5.17. The third-order valence-electron chi connectivity index (χ3n) is 3.45. The maximum atomic E-state index is 12.0. The van der Waals surface area contributed by atoms with Crippen molar-refractivity contribution >= 4 is 17.5 Å². The molecule has 1 aromatic heterocycles. The quantitative estimate of drug-likeness (QED) is 0.930. The van der Waals surface area contributed by atoms with Crippen LogP contribution >= 0.6 is 11.6 Å². The number of furan rings is 1. The Morgan fingerprint density at radius 1 is 1.32 bits per heavy atom. The molecule has 0 spiro atoms. The Kier molecular flexibility index (Phi) is 3.30. The van der Waals surface area contributed by atoms with Gasteiger partial charge in [0.1, 0.15) is 5.76 Å². The summed E-state index contributed by atoms with van der Waals surface area (Å²) in [4.78, 5) is 12.0. The SMILES string of the molecule is O=C(NCc1ccco1)C1CC1c1ccccc1Cl. The summed E-state index contributed by atoms with van der Waals surface area (Å²) in [5.74, 6) is 1.13. The van der Waals surface area contributed by atoms with Crippen LogP contribution in [0.4, 0.5) is 0 Å². The number of benzene rings is 1. The van der Waals surface area contributed by atoms with Crippen molar-refractivity contribution in [2.45, 2.75) is 18.9 Å². The van der Waals surface area contributed by atoms with Crippen LogP contribution in [0.3, 0.4) is 0 Å². The van der Waals surface area contributed by atoms with Gasteiger partial charge in [-0.1, -0.05) is 29.8 Å². The van der Waals surface area contributed by atoms with Crippen LogP contribution in [0.1, 0.15) is 23.7 Å². The van der Waals surface area contributed by atoms with Crippen molar-refractivity contribution in [2.24, 2.45) is 5.92 Å². The zero-order valence-corrected chi connectivity index (χ0v) is 11.1. The molecule has 1 amide bonds. The fourth-order valence-corrected chi connectivity index (χ4v) is 2.60. The molecule has 1 N–H and O–H groups in total. The first-order valence-corrected chi connectivity index (χ1v) is 6.68. The van der Waals surface area contributed by atoms with Crippen LogP contribution in [0.2, 0.25) is 5.02 Å². The number of nitrogens with one attached hydrogen (secondary N) is 1. The lowest BCUT2D eigenvalue weighted by molar-refractivity contribution is -0.122. The Bertz CT molecular complexity index is 580. The lowest BCUT2D eigenvalue weighted by Gasteiger charge is -2.04. The second-order valence-electron chi connectivity index (χ2n) is 4.77. The fraction of sp³-hybridized carbons (Fsp3) is 0.267. The molecule has 2 aromatic rings. The van der Waals surface area contributed by atoms with Gasteiger partial charge in [-0.15, -0.1) is 0 Å². The van der Waals surface area contributed by atoms with E-state index in [-0.39, 0.29) is 17.7 Å². The van der Waals surface area contributed by atoms with E-state index in [0.717, 1.165) is 22.8 Å². The van der Waals surface area contributed by atoms with Crippen LogP contribution in [-0.2, 0) is 11.3 Å². The second kappa shape index (κ2) is 5.10. The summed E-state index contributed by atoms with van der Waals surface area (Å²) >= 11 is 6.14. The molecule has 19 heavy (non-hydrogen) atoms. The van der Waals surface area contributed by atoms with Crippen LogP contribution < -0.4 is 5.32 Å². The minimum atomic E-state index is 0.0369. The highest BCUT2D eigenvalue weighted by molar-refractivity contribution is 6.31. The fourth-order valence-electron chi connectivity index (χ4n) is 2.32. The zero-order chi connectivity index (χ0) is 13.2. The predicted octanol–water partition coefficient (Wildman–Crippen LogP) is 3.35. The predicted molar refractivity (Wildman–Crippen MR) is 72.9 cm³/mol. The highest BCUT2D eigenvalue weighted by Crippen LogP contribution is 2.49. The molecule has 1 aliphatic rings. The smallest absolute Gasteiger partial charge is 0.224 e. The van der Waals surface area contributed by atoms with Gasteiger partial charge in [-0.05, 0) is 36.1 Å². The van der Waals surface area contributed by atoms with Crippen LogP contribution in [0.25, 0.3) is 0 Å². The molecule has 98 valence electrons. The van der Waals surface area contributed by atoms with Gasteiger partial charge < -0.3 is 9.73 Å². The average Bonchev–Trinajstić information content (AvgIpc) is 3.04. The third kappa shape index (κ3) is 2.66. The molecule has 1 aliphatic carbocycles. The molecule has 2 atom stereocenters. The molecule has 1 fully saturated rings. The van der Waals surface area contributed by atoms with E-state index in [1.165, 1.54) is 0 Å². The third-order valence-corrected chi connectivity index (χ3v) is 3.79. The number of halogens is 1. The molecule has 1 aromatic carbocycles. The molecule has 0 saturated heterocycles. The number of carbonyl (C=O) groups excluding carboxylic acids is 1. The van der Waals surface area contributed by atoms with Crippen molar-refractivity contribution in [3.8, 4) is 0 Å². The van der Waals surface area contributed by atoms with Crippen molar-refractivity contribution in [3.63, 3.8) is 0 Å². The molecule has 3 rings (SSSR count). The number of rotatable bonds is 4. The van der Waals surface area contributed by atoms with E-state index in [0.29, 0.717) is 6.54 Å². The highest BCUT2D eigenvalue weighted by atomic mass is 35.5. The Morgan fingerprint density at radius 2 is 2.16 bits per heavy atom. The van der Waals surface area contributed by atoms with Gasteiger partial charge in [0.25, 0.3) is 0 Å². The van der Waals surface area contributed by atoms with Crippen molar-refractivity contribution in [1.29, 1.82) is 0 Å². The van der Waals surface area contributed by atoms with E-state index in [9.17, 15) is 4.79 Å². The van der Waals surface area contributed by atoms with Crippen LogP contribution in [0.5, 0.6) is 0 Å². The minimum absolute atomic E-state index is 0.0369. The monoisotopic (exact) mass is 275 g/mol. The number of hydrogen-bond donors (Lipinski definition) is 1. The van der Waals surface area contributed by atoms with Crippen molar-refractivity contribution in [1.82, 2.24) is 5.32 Å². The van der Waals surface area contributed by atoms with E-state index in [2.05, 4.69) is 5.32 Å². The molecule has 4 heteroatoms. The van der Waals surface area contributed by atoms with Crippen LogP contribution in [0.15, 0.2) is 47.1 Å². The summed E-state index contributed by atoms with van der Waals surface area (Å²) in [6.45, 7) is 0.442. The molecule has 0 aliphatic heterocycles. The van der Waals surface area contributed by atoms with Gasteiger partial charge in [-0.25, -0.2) is 0 Å². The molecule has 1 saturated carbocycles. The first-order valence-electron chi connectivity index (χ1n) is 6.30. The number of amides is 1.